The van der Waals surface area contributed by atoms with Crippen LogP contribution in [-0.2, 0) is 16.2 Å². The summed E-state index contributed by atoms with van der Waals surface area (Å²) < 4.78 is 64.9. The first-order valence-electron chi connectivity index (χ1n) is 8.79. The number of hydrazone groups is 1. The molecular weight excluding hydrogens is 415 g/mol. The van der Waals surface area contributed by atoms with Gasteiger partial charge in [-0.25, -0.2) is 8.42 Å². The summed E-state index contributed by atoms with van der Waals surface area (Å²) in [7, 11) is -3.69. The van der Waals surface area contributed by atoms with Gasteiger partial charge in [0.15, 0.2) is 0 Å². The minimum Gasteiger partial charge on any atom is -0.280 e. The van der Waals surface area contributed by atoms with Crippen LogP contribution in [-0.4, -0.2) is 14.6 Å². The smallest absolute Gasteiger partial charge is 0.280 e. The van der Waals surface area contributed by atoms with Gasteiger partial charge in [-0.15, -0.1) is 0 Å². The molecule has 3 rings (SSSR count). The van der Waals surface area contributed by atoms with E-state index in [9.17, 15) is 21.6 Å². The highest BCUT2D eigenvalue weighted by Crippen LogP contribution is 2.28. The number of sulfonamides is 1. The van der Waals surface area contributed by atoms with Gasteiger partial charge < -0.3 is 0 Å². The number of nitrogens with one attached hydrogen (secondary N) is 2. The lowest BCUT2D eigenvalue weighted by molar-refractivity contribution is -0.137. The minimum atomic E-state index is -4.38. The predicted molar refractivity (Wildman–Crippen MR) is 111 cm³/mol. The van der Waals surface area contributed by atoms with E-state index in [2.05, 4.69) is 15.2 Å². The van der Waals surface area contributed by atoms with Crippen LogP contribution in [0.4, 0.5) is 24.5 Å². The molecule has 0 aromatic heterocycles. The van der Waals surface area contributed by atoms with Gasteiger partial charge in [-0.2, -0.15) is 18.3 Å². The van der Waals surface area contributed by atoms with Gasteiger partial charge >= 0.3 is 6.18 Å². The summed E-state index contributed by atoms with van der Waals surface area (Å²) in [4.78, 5) is 0.163. The van der Waals surface area contributed by atoms with E-state index in [1.54, 1.807) is 36.4 Å². The molecule has 0 heterocycles. The Morgan fingerprint density at radius 3 is 1.97 bits per heavy atom. The zero-order valence-corrected chi connectivity index (χ0v) is 16.6. The molecule has 0 aliphatic rings. The monoisotopic (exact) mass is 433 g/mol. The van der Waals surface area contributed by atoms with Crippen molar-refractivity contribution in [1.29, 1.82) is 0 Å². The maximum Gasteiger partial charge on any atom is 0.416 e. The molecule has 2 N–H and O–H groups in total. The molecule has 0 saturated carbocycles. The first-order valence-corrected chi connectivity index (χ1v) is 10.3. The molecule has 0 spiro atoms. The standard InChI is InChI=1S/C21H18F3N3O2S/c1-15-2-12-20(13-3-15)30(28,29)27-19-10-8-18(9-11-19)26-25-14-16-4-6-17(7-5-16)21(22,23)24/h2-14,26-27H,1H3. The summed E-state index contributed by atoms with van der Waals surface area (Å²) in [5.41, 5.74) is 4.43. The maximum atomic E-state index is 12.6. The second-order valence-electron chi connectivity index (χ2n) is 6.49. The van der Waals surface area contributed by atoms with E-state index in [-0.39, 0.29) is 4.90 Å². The zero-order valence-electron chi connectivity index (χ0n) is 15.8. The van der Waals surface area contributed by atoms with Gasteiger partial charge in [-0.3, -0.25) is 10.1 Å². The third-order valence-corrected chi connectivity index (χ3v) is 5.51. The predicted octanol–water partition coefficient (Wildman–Crippen LogP) is 5.26. The number of alkyl halides is 3. The van der Waals surface area contributed by atoms with E-state index >= 15 is 0 Å². The summed E-state index contributed by atoms with van der Waals surface area (Å²) in [6.07, 6.45) is -3.00. The average molecular weight is 433 g/mol. The number of benzene rings is 3. The lowest BCUT2D eigenvalue weighted by atomic mass is 10.1. The molecule has 5 nitrogen and oxygen atoms in total. The number of nitrogens with zero attached hydrogens (tertiary/aromatic N) is 1. The molecule has 3 aromatic carbocycles. The van der Waals surface area contributed by atoms with Gasteiger partial charge in [0.05, 0.1) is 22.4 Å². The molecule has 156 valence electrons. The Kier molecular flexibility index (Phi) is 6.12. The topological polar surface area (TPSA) is 70.6 Å². The summed E-state index contributed by atoms with van der Waals surface area (Å²) >= 11 is 0. The van der Waals surface area contributed by atoms with Crippen molar-refractivity contribution in [3.05, 3.63) is 89.5 Å². The summed E-state index contributed by atoms with van der Waals surface area (Å²) in [5, 5.41) is 3.97. The van der Waals surface area contributed by atoms with Crippen LogP contribution in [0, 0.1) is 6.92 Å². The van der Waals surface area contributed by atoms with E-state index in [4.69, 9.17) is 0 Å². The van der Waals surface area contributed by atoms with E-state index in [0.717, 1.165) is 17.7 Å². The summed E-state index contributed by atoms with van der Waals surface area (Å²) in [6.45, 7) is 1.87. The highest BCUT2D eigenvalue weighted by atomic mass is 32.2. The van der Waals surface area contributed by atoms with Crippen molar-refractivity contribution < 1.29 is 21.6 Å². The zero-order chi connectivity index (χ0) is 21.8. The van der Waals surface area contributed by atoms with Gasteiger partial charge in [-0.05, 0) is 61.0 Å². The normalized spacial score (nSPS) is 12.1. The molecule has 0 atom stereocenters. The van der Waals surface area contributed by atoms with Crippen molar-refractivity contribution in [2.24, 2.45) is 5.10 Å². The lowest BCUT2D eigenvalue weighted by Crippen LogP contribution is -2.12. The van der Waals surface area contributed by atoms with E-state index in [0.29, 0.717) is 16.9 Å². The second kappa shape index (κ2) is 8.58. The van der Waals surface area contributed by atoms with Crippen molar-refractivity contribution >= 4 is 27.6 Å². The van der Waals surface area contributed by atoms with Crippen molar-refractivity contribution in [2.45, 2.75) is 18.0 Å². The fraction of sp³-hybridized carbons (Fsp3) is 0.0952. The molecule has 0 saturated heterocycles. The van der Waals surface area contributed by atoms with Crippen LogP contribution in [0.15, 0.2) is 82.8 Å². The van der Waals surface area contributed by atoms with Crippen LogP contribution >= 0.6 is 0 Å². The number of anilines is 2. The van der Waals surface area contributed by atoms with Gasteiger partial charge in [-0.1, -0.05) is 29.8 Å². The molecular formula is C21H18F3N3O2S. The minimum absolute atomic E-state index is 0.163. The first kappa shape index (κ1) is 21.4. The summed E-state index contributed by atoms with van der Waals surface area (Å²) in [6, 6.07) is 17.5. The van der Waals surface area contributed by atoms with Crippen LogP contribution in [0.25, 0.3) is 0 Å². The van der Waals surface area contributed by atoms with Crippen molar-refractivity contribution in [3.63, 3.8) is 0 Å². The Hall–Kier alpha value is -3.33. The van der Waals surface area contributed by atoms with Gasteiger partial charge in [0.2, 0.25) is 0 Å². The molecule has 0 fully saturated rings. The lowest BCUT2D eigenvalue weighted by Gasteiger charge is -2.09. The largest absolute Gasteiger partial charge is 0.416 e. The number of aryl methyl sites for hydroxylation is 1. The van der Waals surface area contributed by atoms with Gasteiger partial charge in [0.25, 0.3) is 10.0 Å². The van der Waals surface area contributed by atoms with Gasteiger partial charge in [0, 0.05) is 5.69 Å². The van der Waals surface area contributed by atoms with Crippen LogP contribution in [0.3, 0.4) is 0 Å². The van der Waals surface area contributed by atoms with E-state index in [1.165, 1.54) is 30.5 Å². The molecule has 0 aliphatic carbocycles. The molecule has 0 amide bonds. The Labute approximate surface area is 172 Å². The van der Waals surface area contributed by atoms with Crippen LogP contribution in [0.1, 0.15) is 16.7 Å². The molecule has 30 heavy (non-hydrogen) atoms. The third kappa shape index (κ3) is 5.60. The maximum absolute atomic E-state index is 12.6. The Morgan fingerprint density at radius 1 is 0.833 bits per heavy atom. The highest BCUT2D eigenvalue weighted by Gasteiger charge is 2.29. The van der Waals surface area contributed by atoms with Crippen LogP contribution < -0.4 is 10.1 Å². The van der Waals surface area contributed by atoms with Gasteiger partial charge in [0.1, 0.15) is 0 Å². The third-order valence-electron chi connectivity index (χ3n) is 4.11. The SMILES string of the molecule is Cc1ccc(S(=O)(=O)Nc2ccc(NN=Cc3ccc(C(F)(F)F)cc3)cc2)cc1. The number of rotatable bonds is 6. The van der Waals surface area contributed by atoms with Crippen molar-refractivity contribution in [2.75, 3.05) is 10.1 Å². The van der Waals surface area contributed by atoms with Crippen LogP contribution in [0.2, 0.25) is 0 Å². The van der Waals surface area contributed by atoms with Crippen molar-refractivity contribution in [1.82, 2.24) is 0 Å². The second-order valence-corrected chi connectivity index (χ2v) is 8.17. The van der Waals surface area contributed by atoms with E-state index < -0.39 is 21.8 Å². The molecule has 0 radical (unpaired) electrons. The van der Waals surface area contributed by atoms with Crippen LogP contribution in [0.5, 0.6) is 0 Å². The Bertz CT molecular complexity index is 1120. The number of halogens is 3. The van der Waals surface area contributed by atoms with Crippen molar-refractivity contribution in [3.8, 4) is 0 Å². The molecule has 0 aliphatic heterocycles. The molecule has 0 unspecified atom stereocenters. The summed E-state index contributed by atoms with van der Waals surface area (Å²) in [5.74, 6) is 0. The fourth-order valence-corrected chi connectivity index (χ4v) is 3.54. The average Bonchev–Trinajstić information content (AvgIpc) is 2.69. The molecule has 9 heteroatoms. The first-order chi connectivity index (χ1) is 14.1. The Balaban J connectivity index is 1.60. The number of hydrogen-bond donors (Lipinski definition) is 2. The Morgan fingerprint density at radius 2 is 1.40 bits per heavy atom. The molecule has 0 bridgehead atoms. The highest BCUT2D eigenvalue weighted by molar-refractivity contribution is 7.92. The van der Waals surface area contributed by atoms with E-state index in [1.807, 2.05) is 6.92 Å². The quantitative estimate of drug-likeness (QED) is 0.412. The fourth-order valence-electron chi connectivity index (χ4n) is 2.48. The number of hydrogen-bond acceptors (Lipinski definition) is 4. The molecule has 3 aromatic rings.